The van der Waals surface area contributed by atoms with Crippen molar-refractivity contribution in [2.75, 3.05) is 19.6 Å². The van der Waals surface area contributed by atoms with Gasteiger partial charge in [0.1, 0.15) is 0 Å². The second-order valence-corrected chi connectivity index (χ2v) is 4.44. The first-order chi connectivity index (χ1) is 6.47. The largest absolute Gasteiger partial charge is 0.311 e. The summed E-state index contributed by atoms with van der Waals surface area (Å²) in [7, 11) is 0. The van der Waals surface area contributed by atoms with Crippen molar-refractivity contribution >= 4 is 0 Å². The van der Waals surface area contributed by atoms with E-state index in [1.54, 1.807) is 0 Å². The molecule has 1 saturated carbocycles. The van der Waals surface area contributed by atoms with E-state index >= 15 is 0 Å². The van der Waals surface area contributed by atoms with Gasteiger partial charge in [0.2, 0.25) is 0 Å². The molecule has 2 aliphatic rings. The number of rotatable bonds is 1. The summed E-state index contributed by atoms with van der Waals surface area (Å²) in [5.41, 5.74) is 0. The average Bonchev–Trinajstić information content (AvgIpc) is 2.47. The van der Waals surface area contributed by atoms with Gasteiger partial charge in [-0.15, -0.1) is 0 Å². The maximum absolute atomic E-state index is 4.50. The van der Waals surface area contributed by atoms with Crippen LogP contribution in [0, 0.1) is 5.92 Å². The molecule has 0 aromatic carbocycles. The predicted molar refractivity (Wildman–Crippen MR) is 54.9 cm³/mol. The fourth-order valence-corrected chi connectivity index (χ4v) is 2.65. The van der Waals surface area contributed by atoms with Crippen molar-refractivity contribution in [1.82, 2.24) is 10.6 Å². The Morgan fingerprint density at radius 1 is 1.00 bits per heavy atom. The predicted octanol–water partition coefficient (Wildman–Crippen LogP) is 1.53. The van der Waals surface area contributed by atoms with Gasteiger partial charge in [0, 0.05) is 25.7 Å². The van der Waals surface area contributed by atoms with Crippen molar-refractivity contribution < 1.29 is 0 Å². The van der Waals surface area contributed by atoms with Gasteiger partial charge in [0.05, 0.1) is 0 Å². The molecule has 0 bridgehead atoms. The van der Waals surface area contributed by atoms with Crippen molar-refractivity contribution in [2.24, 2.45) is 5.92 Å². The molecule has 0 amide bonds. The van der Waals surface area contributed by atoms with Gasteiger partial charge >= 0.3 is 0 Å². The molecule has 1 saturated heterocycles. The topological polar surface area (TPSA) is 26.1 Å². The Morgan fingerprint density at radius 3 is 2.38 bits per heavy atom. The Kier molecular flexibility index (Phi) is 3.62. The molecular weight excluding hydrogens is 160 g/mol. The van der Waals surface area contributed by atoms with Crippen LogP contribution in [0.3, 0.4) is 0 Å². The molecule has 0 aromatic rings. The Bertz CT molecular complexity index is 133. The highest BCUT2D eigenvalue weighted by atomic mass is 15.1. The number of hydrogen-bond acceptors (Lipinski definition) is 1. The van der Waals surface area contributed by atoms with E-state index in [4.69, 9.17) is 0 Å². The summed E-state index contributed by atoms with van der Waals surface area (Å²) < 4.78 is 0. The smallest absolute Gasteiger partial charge is 0.0290 e. The number of piperazine rings is 1. The quantitative estimate of drug-likeness (QED) is 0.610. The van der Waals surface area contributed by atoms with E-state index in [0.29, 0.717) is 6.04 Å². The van der Waals surface area contributed by atoms with Crippen LogP contribution in [-0.4, -0.2) is 25.7 Å². The van der Waals surface area contributed by atoms with E-state index in [9.17, 15) is 0 Å². The molecule has 1 atom stereocenters. The van der Waals surface area contributed by atoms with Gasteiger partial charge in [-0.3, -0.25) is 0 Å². The maximum atomic E-state index is 4.50. The first kappa shape index (κ1) is 9.47. The summed E-state index contributed by atoms with van der Waals surface area (Å²) in [4.78, 5) is 0. The lowest BCUT2D eigenvalue weighted by Gasteiger charge is -2.30. The third-order valence-corrected chi connectivity index (χ3v) is 3.47. The van der Waals surface area contributed by atoms with Gasteiger partial charge in [0.25, 0.3) is 0 Å². The lowest BCUT2D eigenvalue weighted by Crippen LogP contribution is -2.49. The molecule has 0 spiro atoms. The first-order valence-corrected chi connectivity index (χ1v) is 5.83. The van der Waals surface area contributed by atoms with Crippen LogP contribution in [0.25, 0.3) is 0 Å². The molecule has 2 fully saturated rings. The van der Waals surface area contributed by atoms with Crippen LogP contribution in [0.1, 0.15) is 38.5 Å². The SMILES string of the molecule is C1CCCC(C2C[N]CCN2)CC1. The zero-order valence-corrected chi connectivity index (χ0v) is 8.47. The lowest BCUT2D eigenvalue weighted by molar-refractivity contribution is 0.281. The second-order valence-electron chi connectivity index (χ2n) is 4.44. The summed E-state index contributed by atoms with van der Waals surface area (Å²) in [6.07, 6.45) is 8.69. The van der Waals surface area contributed by atoms with Gasteiger partial charge in [-0.1, -0.05) is 25.7 Å². The van der Waals surface area contributed by atoms with Crippen molar-refractivity contribution in [1.29, 1.82) is 0 Å². The highest BCUT2D eigenvalue weighted by Gasteiger charge is 2.23. The van der Waals surface area contributed by atoms with Crippen molar-refractivity contribution in [3.05, 3.63) is 0 Å². The fraction of sp³-hybridized carbons (Fsp3) is 1.00. The van der Waals surface area contributed by atoms with E-state index in [1.807, 2.05) is 0 Å². The monoisotopic (exact) mass is 181 g/mol. The molecule has 75 valence electrons. The standard InChI is InChI=1S/C11H21N2/c1-2-4-6-10(5-3-1)11-9-12-7-8-13-11/h10-11,13H,1-9H2. The van der Waals surface area contributed by atoms with Gasteiger partial charge in [-0.2, -0.15) is 0 Å². The Balaban J connectivity index is 1.82. The van der Waals surface area contributed by atoms with E-state index in [2.05, 4.69) is 10.6 Å². The minimum atomic E-state index is 0.715. The van der Waals surface area contributed by atoms with E-state index < -0.39 is 0 Å². The van der Waals surface area contributed by atoms with Gasteiger partial charge in [-0.25, -0.2) is 5.32 Å². The van der Waals surface area contributed by atoms with Gasteiger partial charge in [-0.05, 0) is 18.8 Å². The van der Waals surface area contributed by atoms with Crippen LogP contribution < -0.4 is 10.6 Å². The third-order valence-electron chi connectivity index (χ3n) is 3.47. The van der Waals surface area contributed by atoms with Gasteiger partial charge < -0.3 is 5.32 Å². The number of nitrogens with zero attached hydrogens (tertiary/aromatic N) is 1. The van der Waals surface area contributed by atoms with Crippen molar-refractivity contribution in [2.45, 2.75) is 44.6 Å². The summed E-state index contributed by atoms with van der Waals surface area (Å²) in [6, 6.07) is 0.715. The van der Waals surface area contributed by atoms with Crippen molar-refractivity contribution in [3.63, 3.8) is 0 Å². The third kappa shape index (κ3) is 2.68. The molecular formula is C11H21N2. The van der Waals surface area contributed by atoms with E-state index in [1.165, 1.54) is 38.5 Å². The van der Waals surface area contributed by atoms with Crippen molar-refractivity contribution in [3.8, 4) is 0 Å². The molecule has 1 unspecified atom stereocenters. The molecule has 1 radical (unpaired) electrons. The second kappa shape index (κ2) is 4.97. The van der Waals surface area contributed by atoms with Gasteiger partial charge in [0.15, 0.2) is 0 Å². The fourth-order valence-electron chi connectivity index (χ4n) is 2.65. The number of nitrogens with one attached hydrogen (secondary N) is 1. The number of hydrogen-bond donors (Lipinski definition) is 1. The van der Waals surface area contributed by atoms with Crippen LogP contribution in [0.4, 0.5) is 0 Å². The molecule has 1 heterocycles. The Labute approximate surface area is 81.5 Å². The van der Waals surface area contributed by atoms with E-state index in [-0.39, 0.29) is 0 Å². The highest BCUT2D eigenvalue weighted by molar-refractivity contribution is 4.83. The molecule has 1 aliphatic carbocycles. The molecule has 0 aromatic heterocycles. The van der Waals surface area contributed by atoms with Crippen LogP contribution in [0.5, 0.6) is 0 Å². The minimum absolute atomic E-state index is 0.715. The Morgan fingerprint density at radius 2 is 1.77 bits per heavy atom. The molecule has 13 heavy (non-hydrogen) atoms. The van der Waals surface area contributed by atoms with Crippen LogP contribution in [-0.2, 0) is 0 Å². The lowest BCUT2D eigenvalue weighted by atomic mass is 9.91. The Hall–Kier alpha value is -0.0800. The highest BCUT2D eigenvalue weighted by Crippen LogP contribution is 2.25. The molecule has 1 aliphatic heterocycles. The maximum Gasteiger partial charge on any atom is 0.0290 e. The zero-order chi connectivity index (χ0) is 8.93. The molecule has 2 nitrogen and oxygen atoms in total. The van der Waals surface area contributed by atoms with Crippen LogP contribution in [0.2, 0.25) is 0 Å². The molecule has 1 N–H and O–H groups in total. The normalized spacial score (nSPS) is 32.8. The van der Waals surface area contributed by atoms with Crippen LogP contribution in [0.15, 0.2) is 0 Å². The molecule has 2 rings (SSSR count). The molecule has 2 heteroatoms. The van der Waals surface area contributed by atoms with E-state index in [0.717, 1.165) is 25.6 Å². The average molecular weight is 181 g/mol. The summed E-state index contributed by atoms with van der Waals surface area (Å²) in [6.45, 7) is 3.22. The van der Waals surface area contributed by atoms with Crippen LogP contribution >= 0.6 is 0 Å². The summed E-state index contributed by atoms with van der Waals surface area (Å²) in [5.74, 6) is 0.923. The summed E-state index contributed by atoms with van der Waals surface area (Å²) in [5, 5.41) is 8.12. The zero-order valence-electron chi connectivity index (χ0n) is 8.47. The minimum Gasteiger partial charge on any atom is -0.311 e. The first-order valence-electron chi connectivity index (χ1n) is 5.83. The summed E-state index contributed by atoms with van der Waals surface area (Å²) >= 11 is 0.